The molecule has 0 aliphatic carbocycles. The topological polar surface area (TPSA) is 64.4 Å². The van der Waals surface area contributed by atoms with Crippen LogP contribution < -0.4 is 10.1 Å². The standard InChI is InChI=1S/C12H14N2O3/c1-4-9(2)13-8-10-5-6-12(17-3)11(7-10)14(15)16/h1,5-7,9,13H,8H2,2-3H3. The van der Waals surface area contributed by atoms with E-state index >= 15 is 0 Å². The lowest BCUT2D eigenvalue weighted by Gasteiger charge is -2.08. The Labute approximate surface area is 99.9 Å². The molecule has 1 rings (SSSR count). The summed E-state index contributed by atoms with van der Waals surface area (Å²) in [6, 6.07) is 4.75. The van der Waals surface area contributed by atoms with E-state index in [1.165, 1.54) is 13.2 Å². The lowest BCUT2D eigenvalue weighted by atomic mass is 10.1. The Morgan fingerprint density at radius 1 is 1.65 bits per heavy atom. The summed E-state index contributed by atoms with van der Waals surface area (Å²) in [5.74, 6) is 2.78. The molecule has 0 radical (unpaired) electrons. The Morgan fingerprint density at radius 2 is 2.35 bits per heavy atom. The van der Waals surface area contributed by atoms with Crippen molar-refractivity contribution in [1.29, 1.82) is 0 Å². The fourth-order valence-corrected chi connectivity index (χ4v) is 1.32. The van der Waals surface area contributed by atoms with Crippen LogP contribution in [0, 0.1) is 22.5 Å². The van der Waals surface area contributed by atoms with E-state index in [0.717, 1.165) is 5.56 Å². The van der Waals surface area contributed by atoms with Gasteiger partial charge in [0.2, 0.25) is 0 Å². The molecule has 1 atom stereocenters. The van der Waals surface area contributed by atoms with Crippen molar-refractivity contribution >= 4 is 5.69 Å². The van der Waals surface area contributed by atoms with Crippen LogP contribution in [0.15, 0.2) is 18.2 Å². The van der Waals surface area contributed by atoms with Crippen molar-refractivity contribution in [3.8, 4) is 18.1 Å². The molecule has 0 amide bonds. The summed E-state index contributed by atoms with van der Waals surface area (Å²) in [5, 5.41) is 13.9. The number of nitrogens with one attached hydrogen (secondary N) is 1. The highest BCUT2D eigenvalue weighted by atomic mass is 16.6. The molecule has 0 bridgehead atoms. The fourth-order valence-electron chi connectivity index (χ4n) is 1.32. The Bertz CT molecular complexity index is 452. The first-order valence-electron chi connectivity index (χ1n) is 5.09. The SMILES string of the molecule is C#CC(C)NCc1ccc(OC)c([N+](=O)[O-])c1. The minimum atomic E-state index is -0.465. The molecule has 1 aromatic carbocycles. The molecule has 5 heteroatoms. The van der Waals surface area contributed by atoms with Crippen LogP contribution in [-0.2, 0) is 6.54 Å². The number of terminal acetylenes is 1. The summed E-state index contributed by atoms with van der Waals surface area (Å²) in [6.45, 7) is 2.33. The summed E-state index contributed by atoms with van der Waals surface area (Å²) >= 11 is 0. The van der Waals surface area contributed by atoms with Gasteiger partial charge in [0.15, 0.2) is 5.75 Å². The van der Waals surface area contributed by atoms with E-state index in [-0.39, 0.29) is 17.5 Å². The molecule has 0 saturated carbocycles. The first-order valence-corrected chi connectivity index (χ1v) is 5.09. The molecule has 0 spiro atoms. The molecule has 0 aromatic heterocycles. The largest absolute Gasteiger partial charge is 0.490 e. The highest BCUT2D eigenvalue weighted by molar-refractivity contribution is 5.48. The van der Waals surface area contributed by atoms with Gasteiger partial charge in [-0.1, -0.05) is 12.0 Å². The molecule has 17 heavy (non-hydrogen) atoms. The van der Waals surface area contributed by atoms with Crippen LogP contribution in [0.25, 0.3) is 0 Å². The second-order valence-electron chi connectivity index (χ2n) is 3.53. The molecule has 0 fully saturated rings. The molecular weight excluding hydrogens is 220 g/mol. The highest BCUT2D eigenvalue weighted by Crippen LogP contribution is 2.27. The predicted molar refractivity (Wildman–Crippen MR) is 64.8 cm³/mol. The Morgan fingerprint density at radius 3 is 2.88 bits per heavy atom. The number of methoxy groups -OCH3 is 1. The lowest BCUT2D eigenvalue weighted by Crippen LogP contribution is -2.23. The van der Waals surface area contributed by atoms with Crippen LogP contribution in [0.4, 0.5) is 5.69 Å². The van der Waals surface area contributed by atoms with Gasteiger partial charge in [-0.15, -0.1) is 6.42 Å². The molecule has 0 aliphatic heterocycles. The van der Waals surface area contributed by atoms with E-state index in [1.54, 1.807) is 12.1 Å². The van der Waals surface area contributed by atoms with Crippen LogP contribution in [0.5, 0.6) is 5.75 Å². The number of ether oxygens (including phenoxy) is 1. The van der Waals surface area contributed by atoms with Crippen molar-refractivity contribution < 1.29 is 9.66 Å². The minimum Gasteiger partial charge on any atom is -0.490 e. The lowest BCUT2D eigenvalue weighted by molar-refractivity contribution is -0.385. The van der Waals surface area contributed by atoms with Crippen LogP contribution >= 0.6 is 0 Å². The van der Waals surface area contributed by atoms with Gasteiger partial charge in [-0.25, -0.2) is 0 Å². The van der Waals surface area contributed by atoms with Crippen LogP contribution in [0.3, 0.4) is 0 Å². The van der Waals surface area contributed by atoms with Gasteiger partial charge in [-0.2, -0.15) is 0 Å². The van der Waals surface area contributed by atoms with Crippen molar-refractivity contribution in [2.24, 2.45) is 0 Å². The van der Waals surface area contributed by atoms with Crippen molar-refractivity contribution in [3.63, 3.8) is 0 Å². The Hall–Kier alpha value is -2.06. The molecule has 1 N–H and O–H groups in total. The molecule has 1 aromatic rings. The normalized spacial score (nSPS) is 11.6. The van der Waals surface area contributed by atoms with Gasteiger partial charge in [-0.3, -0.25) is 15.4 Å². The van der Waals surface area contributed by atoms with Crippen molar-refractivity contribution in [1.82, 2.24) is 5.32 Å². The summed E-state index contributed by atoms with van der Waals surface area (Å²) in [6.07, 6.45) is 5.22. The molecule has 0 saturated heterocycles. The zero-order valence-electron chi connectivity index (χ0n) is 9.77. The van der Waals surface area contributed by atoms with E-state index in [1.807, 2.05) is 6.92 Å². The number of nitro benzene ring substituents is 1. The third-order valence-corrected chi connectivity index (χ3v) is 2.30. The average Bonchev–Trinajstić information content (AvgIpc) is 2.35. The van der Waals surface area contributed by atoms with Gasteiger partial charge in [0.25, 0.3) is 0 Å². The molecule has 90 valence electrons. The highest BCUT2D eigenvalue weighted by Gasteiger charge is 2.14. The van der Waals surface area contributed by atoms with Crippen molar-refractivity contribution in [2.75, 3.05) is 7.11 Å². The number of hydrogen-bond acceptors (Lipinski definition) is 4. The number of benzene rings is 1. The first-order chi connectivity index (χ1) is 8.08. The summed E-state index contributed by atoms with van der Waals surface area (Å²) in [7, 11) is 1.40. The molecular formula is C12H14N2O3. The van der Waals surface area contributed by atoms with E-state index in [9.17, 15) is 10.1 Å². The van der Waals surface area contributed by atoms with Gasteiger partial charge in [0.1, 0.15) is 0 Å². The number of nitro groups is 1. The van der Waals surface area contributed by atoms with Crippen molar-refractivity contribution in [3.05, 3.63) is 33.9 Å². The molecule has 5 nitrogen and oxygen atoms in total. The number of nitrogens with zero attached hydrogens (tertiary/aromatic N) is 1. The molecule has 0 aliphatic rings. The smallest absolute Gasteiger partial charge is 0.311 e. The quantitative estimate of drug-likeness (QED) is 0.478. The van der Waals surface area contributed by atoms with Crippen molar-refractivity contribution in [2.45, 2.75) is 19.5 Å². The summed E-state index contributed by atoms with van der Waals surface area (Å²) < 4.78 is 4.91. The predicted octanol–water partition coefficient (Wildman–Crippen LogP) is 1.71. The summed E-state index contributed by atoms with van der Waals surface area (Å²) in [4.78, 5) is 10.3. The average molecular weight is 234 g/mol. The zero-order valence-corrected chi connectivity index (χ0v) is 9.77. The van der Waals surface area contributed by atoms with Crippen LogP contribution in [-0.4, -0.2) is 18.1 Å². The first kappa shape index (κ1) is 13.0. The Balaban J connectivity index is 2.86. The monoisotopic (exact) mass is 234 g/mol. The third kappa shape index (κ3) is 3.47. The van der Waals surface area contributed by atoms with E-state index < -0.39 is 4.92 Å². The maximum atomic E-state index is 10.8. The molecule has 1 unspecified atom stereocenters. The number of hydrogen-bond donors (Lipinski definition) is 1. The van der Waals surface area contributed by atoms with Gasteiger partial charge < -0.3 is 4.74 Å². The van der Waals surface area contributed by atoms with Gasteiger partial charge in [0, 0.05) is 12.6 Å². The van der Waals surface area contributed by atoms with E-state index in [4.69, 9.17) is 11.2 Å². The fraction of sp³-hybridized carbons (Fsp3) is 0.333. The zero-order chi connectivity index (χ0) is 12.8. The number of rotatable bonds is 5. The second kappa shape index (κ2) is 5.87. The molecule has 0 heterocycles. The minimum absolute atomic E-state index is 0.0415. The van der Waals surface area contributed by atoms with Crippen LogP contribution in [0.2, 0.25) is 0 Å². The van der Waals surface area contributed by atoms with Gasteiger partial charge >= 0.3 is 5.69 Å². The third-order valence-electron chi connectivity index (χ3n) is 2.30. The Kier molecular flexibility index (Phi) is 4.49. The maximum absolute atomic E-state index is 10.8. The van der Waals surface area contributed by atoms with E-state index in [2.05, 4.69) is 11.2 Å². The van der Waals surface area contributed by atoms with Gasteiger partial charge in [-0.05, 0) is 18.6 Å². The summed E-state index contributed by atoms with van der Waals surface area (Å²) in [5.41, 5.74) is 0.750. The van der Waals surface area contributed by atoms with Crippen LogP contribution in [0.1, 0.15) is 12.5 Å². The van der Waals surface area contributed by atoms with Gasteiger partial charge in [0.05, 0.1) is 18.1 Å². The second-order valence-corrected chi connectivity index (χ2v) is 3.53. The van der Waals surface area contributed by atoms with E-state index in [0.29, 0.717) is 6.54 Å². The maximum Gasteiger partial charge on any atom is 0.311 e.